The molecule has 104 valence electrons. The summed E-state index contributed by atoms with van der Waals surface area (Å²) in [6.45, 7) is 13.3. The van der Waals surface area contributed by atoms with E-state index < -0.39 is 5.60 Å². The summed E-state index contributed by atoms with van der Waals surface area (Å²) in [5.41, 5.74) is -0.424. The third-order valence-corrected chi connectivity index (χ3v) is 2.34. The number of rotatable bonds is 1. The lowest BCUT2D eigenvalue weighted by molar-refractivity contribution is 0.0155. The summed E-state index contributed by atoms with van der Waals surface area (Å²) in [4.78, 5) is 15.6. The Balaban J connectivity index is 0.00000137. The molecule has 0 radical (unpaired) electrons. The molecule has 0 spiro atoms. The summed E-state index contributed by atoms with van der Waals surface area (Å²) in [6, 6.07) is 0. The van der Waals surface area contributed by atoms with E-state index in [1.165, 1.54) is 0 Å². The highest BCUT2D eigenvalue weighted by atomic mass is 16.6. The quantitative estimate of drug-likeness (QED) is 0.673. The average molecular weight is 254 g/mol. The second kappa shape index (κ2) is 7.99. The van der Waals surface area contributed by atoms with Gasteiger partial charge in [0, 0.05) is 26.2 Å². The predicted molar refractivity (Wildman–Crippen MR) is 74.4 cm³/mol. The number of carbonyl (C=O) groups is 1. The minimum Gasteiger partial charge on any atom is -0.444 e. The van der Waals surface area contributed by atoms with Gasteiger partial charge < -0.3 is 9.64 Å². The van der Waals surface area contributed by atoms with Gasteiger partial charge in [0.1, 0.15) is 5.60 Å². The lowest BCUT2D eigenvalue weighted by Crippen LogP contribution is -2.49. The molecule has 1 heterocycles. The van der Waals surface area contributed by atoms with Gasteiger partial charge in [0.2, 0.25) is 0 Å². The molecule has 1 saturated heterocycles. The maximum Gasteiger partial charge on any atom is 0.410 e. The van der Waals surface area contributed by atoms with Crippen LogP contribution in [-0.2, 0) is 4.74 Å². The molecule has 0 N–H and O–H groups in total. The molecule has 1 aliphatic heterocycles. The van der Waals surface area contributed by atoms with Crippen LogP contribution in [0.25, 0.3) is 0 Å². The highest BCUT2D eigenvalue weighted by Gasteiger charge is 2.25. The van der Waals surface area contributed by atoms with Crippen molar-refractivity contribution >= 4 is 6.09 Å². The molecular weight excluding hydrogens is 228 g/mol. The van der Waals surface area contributed by atoms with Crippen LogP contribution in [0.1, 0.15) is 34.6 Å². The largest absolute Gasteiger partial charge is 0.444 e. The molecule has 18 heavy (non-hydrogen) atoms. The third-order valence-electron chi connectivity index (χ3n) is 2.34. The fourth-order valence-corrected chi connectivity index (χ4v) is 1.54. The minimum atomic E-state index is -0.424. The number of nitrogens with zero attached hydrogens (tertiary/aromatic N) is 2. The van der Waals surface area contributed by atoms with E-state index in [0.29, 0.717) is 19.6 Å². The van der Waals surface area contributed by atoms with E-state index in [4.69, 9.17) is 11.2 Å². The Morgan fingerprint density at radius 1 is 1.22 bits per heavy atom. The maximum atomic E-state index is 11.7. The van der Waals surface area contributed by atoms with Crippen molar-refractivity contribution in [1.82, 2.24) is 9.80 Å². The summed E-state index contributed by atoms with van der Waals surface area (Å²) in [5.74, 6) is 2.61. The molecule has 1 amide bonds. The summed E-state index contributed by atoms with van der Waals surface area (Å²) in [5, 5.41) is 0. The van der Waals surface area contributed by atoms with Crippen LogP contribution >= 0.6 is 0 Å². The van der Waals surface area contributed by atoms with Crippen LogP contribution in [-0.4, -0.2) is 54.2 Å². The van der Waals surface area contributed by atoms with Crippen molar-refractivity contribution in [3.8, 4) is 12.3 Å². The fraction of sp³-hybridized carbons (Fsp3) is 0.786. The van der Waals surface area contributed by atoms with Gasteiger partial charge in [-0.05, 0) is 20.8 Å². The number of hydrogen-bond donors (Lipinski definition) is 0. The van der Waals surface area contributed by atoms with Gasteiger partial charge in [-0.3, -0.25) is 4.90 Å². The van der Waals surface area contributed by atoms with Gasteiger partial charge in [0.25, 0.3) is 0 Å². The van der Waals surface area contributed by atoms with E-state index in [1.807, 2.05) is 34.6 Å². The van der Waals surface area contributed by atoms with Gasteiger partial charge >= 0.3 is 6.09 Å². The van der Waals surface area contributed by atoms with E-state index in [9.17, 15) is 4.79 Å². The lowest BCUT2D eigenvalue weighted by Gasteiger charge is -2.34. The van der Waals surface area contributed by atoms with E-state index in [0.717, 1.165) is 13.1 Å². The van der Waals surface area contributed by atoms with Gasteiger partial charge in [-0.25, -0.2) is 4.79 Å². The molecule has 0 unspecified atom stereocenters. The number of amides is 1. The Bertz CT molecular complexity index is 281. The van der Waals surface area contributed by atoms with Gasteiger partial charge in [-0.1, -0.05) is 19.8 Å². The zero-order valence-electron chi connectivity index (χ0n) is 12.3. The smallest absolute Gasteiger partial charge is 0.410 e. The van der Waals surface area contributed by atoms with Crippen LogP contribution in [0, 0.1) is 12.3 Å². The van der Waals surface area contributed by atoms with Crippen molar-refractivity contribution in [3.05, 3.63) is 0 Å². The normalized spacial score (nSPS) is 16.3. The third kappa shape index (κ3) is 6.51. The van der Waals surface area contributed by atoms with Gasteiger partial charge in [0.15, 0.2) is 0 Å². The molecule has 0 aromatic carbocycles. The predicted octanol–water partition coefficient (Wildman–Crippen LogP) is 2.20. The van der Waals surface area contributed by atoms with E-state index >= 15 is 0 Å². The summed E-state index contributed by atoms with van der Waals surface area (Å²) < 4.78 is 5.30. The Labute approximate surface area is 111 Å². The van der Waals surface area contributed by atoms with Crippen molar-refractivity contribution in [2.24, 2.45) is 0 Å². The molecule has 0 atom stereocenters. The molecule has 0 aromatic heterocycles. The first-order chi connectivity index (χ1) is 8.42. The highest BCUT2D eigenvalue weighted by Crippen LogP contribution is 2.11. The van der Waals surface area contributed by atoms with Crippen molar-refractivity contribution < 1.29 is 9.53 Å². The van der Waals surface area contributed by atoms with Crippen LogP contribution in [0.2, 0.25) is 0 Å². The Morgan fingerprint density at radius 2 is 1.72 bits per heavy atom. The average Bonchev–Trinajstić information content (AvgIpc) is 2.31. The molecule has 0 bridgehead atoms. The Morgan fingerprint density at radius 3 is 2.11 bits per heavy atom. The molecule has 1 aliphatic rings. The topological polar surface area (TPSA) is 32.8 Å². The first kappa shape index (κ1) is 16.8. The van der Waals surface area contributed by atoms with Gasteiger partial charge in [-0.15, -0.1) is 6.42 Å². The lowest BCUT2D eigenvalue weighted by atomic mass is 10.2. The molecule has 1 fully saturated rings. The number of ether oxygens (including phenoxy) is 1. The van der Waals surface area contributed by atoms with Crippen molar-refractivity contribution in [2.45, 2.75) is 40.2 Å². The molecule has 1 rings (SSSR count). The SMILES string of the molecule is C#CCN1CCN(C(=O)OC(C)(C)C)CC1.CC. The summed E-state index contributed by atoms with van der Waals surface area (Å²) in [7, 11) is 0. The minimum absolute atomic E-state index is 0.229. The van der Waals surface area contributed by atoms with Crippen molar-refractivity contribution in [3.63, 3.8) is 0 Å². The first-order valence-electron chi connectivity index (χ1n) is 6.56. The zero-order valence-corrected chi connectivity index (χ0v) is 12.3. The van der Waals surface area contributed by atoms with E-state index in [1.54, 1.807) is 4.90 Å². The van der Waals surface area contributed by atoms with Crippen LogP contribution in [0.3, 0.4) is 0 Å². The van der Waals surface area contributed by atoms with Crippen molar-refractivity contribution in [1.29, 1.82) is 0 Å². The molecule has 4 heteroatoms. The van der Waals surface area contributed by atoms with Crippen LogP contribution in [0.4, 0.5) is 4.79 Å². The maximum absolute atomic E-state index is 11.7. The molecule has 0 aliphatic carbocycles. The standard InChI is InChI=1S/C12H20N2O2.C2H6/c1-5-6-13-7-9-14(10-8-13)11(15)16-12(2,3)4;1-2/h1H,6-10H2,2-4H3;1-2H3. The molecule has 4 nitrogen and oxygen atoms in total. The highest BCUT2D eigenvalue weighted by molar-refractivity contribution is 5.68. The first-order valence-corrected chi connectivity index (χ1v) is 6.56. The number of terminal acetylenes is 1. The second-order valence-corrected chi connectivity index (χ2v) is 4.95. The monoisotopic (exact) mass is 254 g/mol. The number of hydrogen-bond acceptors (Lipinski definition) is 3. The number of piperazine rings is 1. The van der Waals surface area contributed by atoms with Crippen LogP contribution < -0.4 is 0 Å². The van der Waals surface area contributed by atoms with Gasteiger partial charge in [0.05, 0.1) is 6.54 Å². The second-order valence-electron chi connectivity index (χ2n) is 4.95. The van der Waals surface area contributed by atoms with E-state index in [2.05, 4.69) is 10.8 Å². The van der Waals surface area contributed by atoms with Crippen LogP contribution in [0.15, 0.2) is 0 Å². The summed E-state index contributed by atoms with van der Waals surface area (Å²) >= 11 is 0. The Kier molecular flexibility index (Phi) is 7.45. The van der Waals surface area contributed by atoms with Crippen LogP contribution in [0.5, 0.6) is 0 Å². The fourth-order valence-electron chi connectivity index (χ4n) is 1.54. The molecule has 0 aromatic rings. The number of carbonyl (C=O) groups excluding carboxylic acids is 1. The molecular formula is C14H26N2O2. The molecule has 0 saturated carbocycles. The van der Waals surface area contributed by atoms with Crippen molar-refractivity contribution in [2.75, 3.05) is 32.7 Å². The summed E-state index contributed by atoms with van der Waals surface area (Å²) in [6.07, 6.45) is 5.01. The Hall–Kier alpha value is -1.21. The van der Waals surface area contributed by atoms with Gasteiger partial charge in [-0.2, -0.15) is 0 Å². The van der Waals surface area contributed by atoms with E-state index in [-0.39, 0.29) is 6.09 Å². The zero-order chi connectivity index (χ0) is 14.2.